The van der Waals surface area contributed by atoms with Gasteiger partial charge in [-0.1, -0.05) is 18.5 Å². The van der Waals surface area contributed by atoms with Gasteiger partial charge in [0, 0.05) is 11.6 Å². The van der Waals surface area contributed by atoms with Gasteiger partial charge in [-0.15, -0.1) is 12.4 Å². The van der Waals surface area contributed by atoms with E-state index in [0.717, 1.165) is 12.1 Å². The third-order valence-corrected chi connectivity index (χ3v) is 2.54. The monoisotopic (exact) mass is 291 g/mol. The second-order valence-electron chi connectivity index (χ2n) is 3.34. The van der Waals surface area contributed by atoms with Crippen LogP contribution >= 0.6 is 24.0 Å². The number of rotatable bonds is 2. The summed E-state index contributed by atoms with van der Waals surface area (Å²) in [7, 11) is 0. The molecule has 1 nitrogen and oxygen atoms in total. The summed E-state index contributed by atoms with van der Waals surface area (Å²) in [6, 6.07) is 0.609. The van der Waals surface area contributed by atoms with Crippen LogP contribution in [0.15, 0.2) is 12.1 Å². The third-order valence-electron chi connectivity index (χ3n) is 2.25. The molecule has 1 aromatic rings. The summed E-state index contributed by atoms with van der Waals surface area (Å²) in [6.45, 7) is 1.57. The average Bonchev–Trinajstić information content (AvgIpc) is 2.19. The molecule has 0 radical (unpaired) electrons. The van der Waals surface area contributed by atoms with Gasteiger partial charge in [0.05, 0.1) is 10.6 Å². The first-order valence-corrected chi connectivity index (χ1v) is 4.97. The Balaban J connectivity index is 0.00000256. The molecule has 0 saturated heterocycles. The van der Waals surface area contributed by atoms with Crippen LogP contribution in [0.2, 0.25) is 5.02 Å². The molecule has 0 fully saturated rings. The SMILES string of the molecule is CC[C@H](N)c1c(C(F)(F)F)ccc(Cl)c1F.Cl. The normalized spacial score (nSPS) is 13.1. The maximum atomic E-state index is 13.5. The summed E-state index contributed by atoms with van der Waals surface area (Å²) in [5.41, 5.74) is 3.83. The maximum absolute atomic E-state index is 13.5. The topological polar surface area (TPSA) is 26.0 Å². The molecule has 0 saturated carbocycles. The Kier molecular flexibility index (Phi) is 5.71. The zero-order valence-corrected chi connectivity index (χ0v) is 10.4. The lowest BCUT2D eigenvalue weighted by Crippen LogP contribution is -2.19. The molecule has 0 unspecified atom stereocenters. The van der Waals surface area contributed by atoms with Crippen molar-refractivity contribution in [2.24, 2.45) is 5.73 Å². The summed E-state index contributed by atoms with van der Waals surface area (Å²) < 4.78 is 51.3. The summed E-state index contributed by atoms with van der Waals surface area (Å²) >= 11 is 5.44. The van der Waals surface area contributed by atoms with Crippen molar-refractivity contribution in [1.29, 1.82) is 0 Å². The molecule has 0 spiro atoms. The molecule has 17 heavy (non-hydrogen) atoms. The van der Waals surface area contributed by atoms with E-state index < -0.39 is 29.2 Å². The van der Waals surface area contributed by atoms with Gasteiger partial charge in [0.15, 0.2) is 0 Å². The first kappa shape index (κ1) is 16.5. The fraction of sp³-hybridized carbons (Fsp3) is 0.400. The average molecular weight is 292 g/mol. The van der Waals surface area contributed by atoms with Gasteiger partial charge < -0.3 is 5.73 Å². The predicted molar refractivity (Wildman–Crippen MR) is 60.9 cm³/mol. The number of halogens is 6. The highest BCUT2D eigenvalue weighted by Gasteiger charge is 2.36. The van der Waals surface area contributed by atoms with E-state index in [9.17, 15) is 17.6 Å². The Morgan fingerprint density at radius 1 is 1.35 bits per heavy atom. The maximum Gasteiger partial charge on any atom is 0.416 e. The van der Waals surface area contributed by atoms with Crippen LogP contribution in [0.5, 0.6) is 0 Å². The van der Waals surface area contributed by atoms with E-state index >= 15 is 0 Å². The number of alkyl halides is 3. The Morgan fingerprint density at radius 2 is 1.88 bits per heavy atom. The van der Waals surface area contributed by atoms with Crippen LogP contribution in [0, 0.1) is 5.82 Å². The van der Waals surface area contributed by atoms with Gasteiger partial charge in [-0.25, -0.2) is 4.39 Å². The lowest BCUT2D eigenvalue weighted by molar-refractivity contribution is -0.138. The minimum Gasteiger partial charge on any atom is -0.324 e. The predicted octanol–water partition coefficient (Wildman–Crippen LogP) is 4.33. The number of hydrogen-bond donors (Lipinski definition) is 1. The van der Waals surface area contributed by atoms with Crippen molar-refractivity contribution in [1.82, 2.24) is 0 Å². The fourth-order valence-corrected chi connectivity index (χ4v) is 1.54. The van der Waals surface area contributed by atoms with Gasteiger partial charge >= 0.3 is 6.18 Å². The third kappa shape index (κ3) is 3.47. The molecule has 0 amide bonds. The summed E-state index contributed by atoms with van der Waals surface area (Å²) in [5, 5.41) is -0.355. The molecule has 1 rings (SSSR count). The van der Waals surface area contributed by atoms with E-state index in [4.69, 9.17) is 17.3 Å². The van der Waals surface area contributed by atoms with Gasteiger partial charge in [-0.3, -0.25) is 0 Å². The van der Waals surface area contributed by atoms with Gasteiger partial charge in [0.25, 0.3) is 0 Å². The fourth-order valence-electron chi connectivity index (χ4n) is 1.38. The van der Waals surface area contributed by atoms with Crippen molar-refractivity contribution in [3.8, 4) is 0 Å². The van der Waals surface area contributed by atoms with Crippen LogP contribution in [0.1, 0.15) is 30.5 Å². The molecule has 98 valence electrons. The molecule has 0 aliphatic heterocycles. The largest absolute Gasteiger partial charge is 0.416 e. The van der Waals surface area contributed by atoms with Crippen molar-refractivity contribution in [2.75, 3.05) is 0 Å². The smallest absolute Gasteiger partial charge is 0.324 e. The van der Waals surface area contributed by atoms with Gasteiger partial charge in [0.2, 0.25) is 0 Å². The molecule has 0 bridgehead atoms. The summed E-state index contributed by atoms with van der Waals surface area (Å²) in [5.74, 6) is -1.09. The first-order chi connectivity index (χ1) is 7.29. The van der Waals surface area contributed by atoms with Gasteiger partial charge in [-0.2, -0.15) is 13.2 Å². The lowest BCUT2D eigenvalue weighted by Gasteiger charge is -2.18. The lowest BCUT2D eigenvalue weighted by atomic mass is 9.98. The minimum atomic E-state index is -4.63. The zero-order chi connectivity index (χ0) is 12.5. The van der Waals surface area contributed by atoms with Crippen LogP contribution in [0.4, 0.5) is 17.6 Å². The Bertz CT molecular complexity index is 393. The minimum absolute atomic E-state index is 0. The van der Waals surface area contributed by atoms with Crippen LogP contribution in [-0.4, -0.2) is 0 Å². The van der Waals surface area contributed by atoms with Crippen LogP contribution in [-0.2, 0) is 6.18 Å². The number of nitrogens with two attached hydrogens (primary N) is 1. The molecule has 1 aromatic carbocycles. The molecule has 0 aliphatic carbocycles. The standard InChI is InChI=1S/C10H10ClF4N.ClH/c1-2-7(16)8-5(10(13,14)15)3-4-6(11)9(8)12;/h3-4,7H,2,16H2,1H3;1H/t7-;/m0./s1. The van der Waals surface area contributed by atoms with Crippen LogP contribution in [0.3, 0.4) is 0 Å². The van der Waals surface area contributed by atoms with Crippen molar-refractivity contribution in [2.45, 2.75) is 25.6 Å². The summed E-state index contributed by atoms with van der Waals surface area (Å²) in [6.07, 6.45) is -4.44. The van der Waals surface area contributed by atoms with Crippen molar-refractivity contribution in [3.05, 3.63) is 34.1 Å². The van der Waals surface area contributed by atoms with E-state index in [-0.39, 0.29) is 23.9 Å². The van der Waals surface area contributed by atoms with Gasteiger partial charge in [-0.05, 0) is 18.6 Å². The molecular formula is C10H11Cl2F4N. The molecule has 1 atom stereocenters. The van der Waals surface area contributed by atoms with E-state index in [1.807, 2.05) is 0 Å². The van der Waals surface area contributed by atoms with Crippen LogP contribution in [0.25, 0.3) is 0 Å². The molecular weight excluding hydrogens is 281 g/mol. The molecule has 7 heteroatoms. The van der Waals surface area contributed by atoms with Crippen LogP contribution < -0.4 is 5.73 Å². The van der Waals surface area contributed by atoms with Crippen molar-refractivity contribution >= 4 is 24.0 Å². The number of hydrogen-bond acceptors (Lipinski definition) is 1. The highest BCUT2D eigenvalue weighted by atomic mass is 35.5. The molecule has 2 N–H and O–H groups in total. The highest BCUT2D eigenvalue weighted by molar-refractivity contribution is 6.30. The van der Waals surface area contributed by atoms with E-state index in [1.165, 1.54) is 0 Å². The highest BCUT2D eigenvalue weighted by Crippen LogP contribution is 2.38. The quantitative estimate of drug-likeness (QED) is 0.807. The van der Waals surface area contributed by atoms with Crippen molar-refractivity contribution < 1.29 is 17.6 Å². The van der Waals surface area contributed by atoms with E-state index in [2.05, 4.69) is 0 Å². The Labute approximate surface area is 107 Å². The molecule has 0 heterocycles. The van der Waals surface area contributed by atoms with E-state index in [1.54, 1.807) is 6.92 Å². The zero-order valence-electron chi connectivity index (χ0n) is 8.81. The van der Waals surface area contributed by atoms with E-state index in [0.29, 0.717) is 0 Å². The molecule has 0 aliphatic rings. The van der Waals surface area contributed by atoms with Gasteiger partial charge in [0.1, 0.15) is 5.82 Å². The second-order valence-corrected chi connectivity index (χ2v) is 3.74. The van der Waals surface area contributed by atoms with Crippen molar-refractivity contribution in [3.63, 3.8) is 0 Å². The second kappa shape index (κ2) is 5.89. The summed E-state index contributed by atoms with van der Waals surface area (Å²) in [4.78, 5) is 0. The number of benzene rings is 1. The Morgan fingerprint density at radius 3 is 2.29 bits per heavy atom. The Hall–Kier alpha value is -0.520. The first-order valence-electron chi connectivity index (χ1n) is 4.59. The molecule has 0 aromatic heterocycles.